The van der Waals surface area contributed by atoms with Gasteiger partial charge in [0.15, 0.2) is 0 Å². The monoisotopic (exact) mass is 504 g/mol. The van der Waals surface area contributed by atoms with Crippen LogP contribution in [-0.4, -0.2) is 84.8 Å². The van der Waals surface area contributed by atoms with Gasteiger partial charge in [0.1, 0.15) is 41.7 Å². The fourth-order valence-corrected chi connectivity index (χ4v) is 5.82. The number of aromatic amines is 1. The zero-order valence-electron chi connectivity index (χ0n) is 20.8. The van der Waals surface area contributed by atoms with E-state index in [1.165, 1.54) is 10.5 Å². The molecule has 0 bridgehead atoms. The summed E-state index contributed by atoms with van der Waals surface area (Å²) < 4.78 is 34.7. The summed E-state index contributed by atoms with van der Waals surface area (Å²) in [6.07, 6.45) is 3.06. The number of ether oxygens (including phenoxy) is 1. The zero-order chi connectivity index (χ0) is 25.2. The molecule has 0 radical (unpaired) electrons. The van der Waals surface area contributed by atoms with Gasteiger partial charge in [-0.1, -0.05) is 19.9 Å². The molecular formula is C23H34N7O4S+. The van der Waals surface area contributed by atoms with E-state index in [4.69, 9.17) is 14.6 Å². The number of amidine groups is 1. The number of sulfonamides is 1. The highest BCUT2D eigenvalue weighted by atomic mass is 32.2. The van der Waals surface area contributed by atoms with Crippen LogP contribution in [-0.2, 0) is 21.3 Å². The third kappa shape index (κ3) is 4.70. The summed E-state index contributed by atoms with van der Waals surface area (Å²) >= 11 is 0. The number of likely N-dealkylation sites (N-methyl/N-ethyl adjacent to an activating group) is 1. The second-order valence-corrected chi connectivity index (χ2v) is 10.5. The first kappa shape index (κ1) is 25.3. The van der Waals surface area contributed by atoms with Crippen molar-refractivity contribution in [3.05, 3.63) is 35.8 Å². The van der Waals surface area contributed by atoms with Gasteiger partial charge in [0.05, 0.1) is 50.0 Å². The molecule has 2 aliphatic heterocycles. The maximum absolute atomic E-state index is 13.5. The minimum atomic E-state index is -3.78. The molecule has 2 N–H and O–H groups in total. The lowest BCUT2D eigenvalue weighted by atomic mass is 10.1. The highest BCUT2D eigenvalue weighted by molar-refractivity contribution is 7.89. The van der Waals surface area contributed by atoms with Crippen molar-refractivity contribution < 1.29 is 22.6 Å². The molecule has 2 aliphatic rings. The molecule has 2 aromatic heterocycles. The quantitative estimate of drug-likeness (QED) is 0.502. The number of fused-ring (bicyclic) bond motifs is 1. The Labute approximate surface area is 206 Å². The first-order valence-electron chi connectivity index (χ1n) is 12.0. The van der Waals surface area contributed by atoms with Gasteiger partial charge in [-0.3, -0.25) is 5.10 Å². The molecule has 11 nitrogen and oxygen atoms in total. The number of hydrogen-bond acceptors (Lipinski definition) is 8. The summed E-state index contributed by atoms with van der Waals surface area (Å²) in [7, 11) is -2.11. The number of pyridine rings is 1. The molecule has 0 aromatic carbocycles. The molecule has 0 saturated carbocycles. The number of rotatable bonds is 9. The van der Waals surface area contributed by atoms with Gasteiger partial charge in [-0.05, 0) is 26.3 Å². The second-order valence-electron chi connectivity index (χ2n) is 8.58. The third-order valence-corrected chi connectivity index (χ3v) is 8.43. The Kier molecular flexibility index (Phi) is 7.27. The zero-order valence-corrected chi connectivity index (χ0v) is 21.6. The van der Waals surface area contributed by atoms with E-state index in [-0.39, 0.29) is 4.90 Å². The number of hydrogen-bond donors (Lipinski definition) is 2. The number of nitrogens with zero attached hydrogens (tertiary/aromatic N) is 5. The smallest absolute Gasteiger partial charge is 0.245 e. The molecule has 0 atom stereocenters. The van der Waals surface area contributed by atoms with Gasteiger partial charge < -0.3 is 10.1 Å². The number of hydroxylamine groups is 3. The normalized spacial score (nSPS) is 18.1. The van der Waals surface area contributed by atoms with Crippen molar-refractivity contribution >= 4 is 27.2 Å². The predicted molar refractivity (Wildman–Crippen MR) is 133 cm³/mol. The minimum Gasteiger partial charge on any atom is -0.477 e. The van der Waals surface area contributed by atoms with Crippen LogP contribution in [0.1, 0.15) is 44.1 Å². The van der Waals surface area contributed by atoms with Crippen molar-refractivity contribution in [2.45, 2.75) is 38.5 Å². The number of H-pyrrole nitrogens is 1. The largest absolute Gasteiger partial charge is 0.477 e. The van der Waals surface area contributed by atoms with E-state index in [0.29, 0.717) is 71.8 Å². The first-order valence-corrected chi connectivity index (χ1v) is 13.4. The Morgan fingerprint density at radius 2 is 1.97 bits per heavy atom. The van der Waals surface area contributed by atoms with E-state index in [9.17, 15) is 8.42 Å². The van der Waals surface area contributed by atoms with Crippen LogP contribution in [0.3, 0.4) is 0 Å². The minimum absolute atomic E-state index is 0.0896. The fraction of sp³-hybridized carbons (Fsp3) is 0.522. The Hall–Kier alpha value is -2.80. The SMILES string of the molecule is C=C1NC(c2cc(S(=O)(=O)N3CC[N+](CC)(OC)CC3)cnc2OCC)=Nc2c1n[nH]c2CCC. The van der Waals surface area contributed by atoms with E-state index >= 15 is 0 Å². The molecule has 0 aliphatic carbocycles. The number of aliphatic imine (C=N–C) groups is 1. The number of aromatic nitrogens is 3. The molecule has 0 unspecified atom stereocenters. The van der Waals surface area contributed by atoms with Crippen LogP contribution < -0.4 is 10.1 Å². The Balaban J connectivity index is 1.72. The standard InChI is InChI=1S/C23H34N7O4S/c1-6-9-19-21-20(28-27-19)16(4)25-22(26-21)18-14-17(15-24-23(18)34-8-3)35(31,32)29-10-12-30(7-2,33-5)13-11-29/h14-15H,4,6-13H2,1-3,5H3,(H,25,26)(H,27,28)/q+1. The topological polar surface area (TPSA) is 122 Å². The van der Waals surface area contributed by atoms with E-state index in [1.807, 2.05) is 13.8 Å². The van der Waals surface area contributed by atoms with Gasteiger partial charge in [0.25, 0.3) is 0 Å². The lowest BCUT2D eigenvalue weighted by Crippen LogP contribution is -2.59. The lowest BCUT2D eigenvalue weighted by Gasteiger charge is -2.40. The second kappa shape index (κ2) is 10.1. The molecule has 35 heavy (non-hydrogen) atoms. The molecule has 4 rings (SSSR count). The number of piperazine rings is 1. The summed E-state index contributed by atoms with van der Waals surface area (Å²) in [5.74, 6) is 0.725. The molecule has 190 valence electrons. The van der Waals surface area contributed by atoms with Crippen LogP contribution in [0.15, 0.2) is 28.7 Å². The van der Waals surface area contributed by atoms with Crippen molar-refractivity contribution in [3.8, 4) is 5.88 Å². The Bertz CT molecular complexity index is 1220. The lowest BCUT2D eigenvalue weighted by molar-refractivity contribution is -1.10. The maximum Gasteiger partial charge on any atom is 0.245 e. The maximum atomic E-state index is 13.5. The average molecular weight is 505 g/mol. The summed E-state index contributed by atoms with van der Waals surface area (Å²) in [5.41, 5.74) is 3.28. The van der Waals surface area contributed by atoms with Gasteiger partial charge in [-0.2, -0.15) is 14.1 Å². The highest BCUT2D eigenvalue weighted by Crippen LogP contribution is 2.33. The van der Waals surface area contributed by atoms with Crippen molar-refractivity contribution in [3.63, 3.8) is 0 Å². The van der Waals surface area contributed by atoms with Crippen LogP contribution in [0.2, 0.25) is 0 Å². The summed E-state index contributed by atoms with van der Waals surface area (Å²) in [6, 6.07) is 1.57. The predicted octanol–water partition coefficient (Wildman–Crippen LogP) is 2.21. The number of aryl methyl sites for hydroxylation is 1. The summed E-state index contributed by atoms with van der Waals surface area (Å²) in [6.45, 7) is 13.1. The van der Waals surface area contributed by atoms with E-state index in [0.717, 1.165) is 25.1 Å². The van der Waals surface area contributed by atoms with Crippen LogP contribution >= 0.6 is 0 Å². The first-order chi connectivity index (χ1) is 16.8. The van der Waals surface area contributed by atoms with Crippen LogP contribution in [0.5, 0.6) is 5.88 Å². The fourth-order valence-electron chi connectivity index (χ4n) is 4.42. The van der Waals surface area contributed by atoms with Gasteiger partial charge in [0.2, 0.25) is 15.9 Å². The summed E-state index contributed by atoms with van der Waals surface area (Å²) in [5, 5.41) is 10.5. The molecule has 1 saturated heterocycles. The van der Waals surface area contributed by atoms with Crippen LogP contribution in [0, 0.1) is 0 Å². The average Bonchev–Trinajstić information content (AvgIpc) is 3.28. The van der Waals surface area contributed by atoms with Crippen LogP contribution in [0.4, 0.5) is 5.69 Å². The Morgan fingerprint density at radius 3 is 2.60 bits per heavy atom. The van der Waals surface area contributed by atoms with Gasteiger partial charge in [-0.25, -0.2) is 23.2 Å². The molecule has 12 heteroatoms. The molecular weight excluding hydrogens is 470 g/mol. The van der Waals surface area contributed by atoms with Crippen LogP contribution in [0.25, 0.3) is 5.70 Å². The molecule has 0 amide bonds. The number of nitrogens with one attached hydrogen (secondary N) is 2. The van der Waals surface area contributed by atoms with Gasteiger partial charge >= 0.3 is 0 Å². The van der Waals surface area contributed by atoms with Gasteiger partial charge in [0, 0.05) is 0 Å². The number of quaternary nitrogens is 1. The molecule has 0 spiro atoms. The van der Waals surface area contributed by atoms with E-state index in [1.54, 1.807) is 13.2 Å². The molecule has 4 heterocycles. The van der Waals surface area contributed by atoms with Crippen molar-refractivity contribution in [2.24, 2.45) is 4.99 Å². The van der Waals surface area contributed by atoms with Crippen molar-refractivity contribution in [2.75, 3.05) is 46.4 Å². The third-order valence-electron chi connectivity index (χ3n) is 6.57. The summed E-state index contributed by atoms with van der Waals surface area (Å²) in [4.78, 5) is 14.9. The molecule has 2 aromatic rings. The van der Waals surface area contributed by atoms with E-state index < -0.39 is 10.0 Å². The van der Waals surface area contributed by atoms with Crippen molar-refractivity contribution in [1.29, 1.82) is 0 Å². The highest BCUT2D eigenvalue weighted by Gasteiger charge is 2.38. The van der Waals surface area contributed by atoms with Gasteiger partial charge in [-0.15, -0.1) is 0 Å². The van der Waals surface area contributed by atoms with Crippen molar-refractivity contribution in [1.82, 2.24) is 24.8 Å². The molecule has 1 fully saturated rings. The Morgan fingerprint density at radius 1 is 1.23 bits per heavy atom. The van der Waals surface area contributed by atoms with E-state index in [2.05, 4.69) is 34.0 Å².